The molecule has 1 atom stereocenters. The summed E-state index contributed by atoms with van der Waals surface area (Å²) in [5, 5.41) is 4.76. The van der Waals surface area contributed by atoms with Crippen LogP contribution in [0.4, 0.5) is 5.69 Å². The molecular weight excluding hydrogens is 374 g/mol. The van der Waals surface area contributed by atoms with Gasteiger partial charge in [-0.05, 0) is 41.1 Å². The summed E-state index contributed by atoms with van der Waals surface area (Å²) in [5.74, 6) is -0.248. The van der Waals surface area contributed by atoms with Gasteiger partial charge in [-0.3, -0.25) is 14.4 Å². The molecule has 0 saturated carbocycles. The molecule has 2 aromatic rings. The van der Waals surface area contributed by atoms with E-state index in [1.807, 2.05) is 36.6 Å². The monoisotopic (exact) mass is 399 g/mol. The van der Waals surface area contributed by atoms with Gasteiger partial charge in [-0.1, -0.05) is 19.1 Å². The van der Waals surface area contributed by atoms with Crippen LogP contribution in [0.2, 0.25) is 0 Å². The van der Waals surface area contributed by atoms with E-state index in [0.717, 1.165) is 23.2 Å². The fraction of sp³-hybridized carbons (Fsp3) is 0.381. The number of anilines is 1. The lowest BCUT2D eigenvalue weighted by atomic mass is 9.92. The highest BCUT2D eigenvalue weighted by molar-refractivity contribution is 7.12. The van der Waals surface area contributed by atoms with Crippen molar-refractivity contribution in [1.29, 1.82) is 0 Å². The van der Waals surface area contributed by atoms with E-state index >= 15 is 0 Å². The van der Waals surface area contributed by atoms with Crippen LogP contribution in [0.3, 0.4) is 0 Å². The SMILES string of the molecule is CCCC(=O)Nc1ccc2c(c1)CN(C(=O)c1cccs1)[C@H](C(=O)N(C)C)C2. The Hall–Kier alpha value is -2.67. The number of nitrogens with zero attached hydrogens (tertiary/aromatic N) is 2. The summed E-state index contributed by atoms with van der Waals surface area (Å²) < 4.78 is 0. The van der Waals surface area contributed by atoms with Crippen LogP contribution in [0.5, 0.6) is 0 Å². The third-order valence-corrected chi connectivity index (χ3v) is 5.67. The van der Waals surface area contributed by atoms with Gasteiger partial charge in [-0.25, -0.2) is 0 Å². The molecule has 0 unspecified atom stereocenters. The van der Waals surface area contributed by atoms with Crippen molar-refractivity contribution in [1.82, 2.24) is 9.80 Å². The van der Waals surface area contributed by atoms with Crippen molar-refractivity contribution in [3.8, 4) is 0 Å². The molecule has 1 aliphatic heterocycles. The van der Waals surface area contributed by atoms with Gasteiger partial charge in [-0.15, -0.1) is 11.3 Å². The molecule has 1 aromatic carbocycles. The van der Waals surface area contributed by atoms with Crippen molar-refractivity contribution in [3.63, 3.8) is 0 Å². The lowest BCUT2D eigenvalue weighted by molar-refractivity contribution is -0.134. The van der Waals surface area contributed by atoms with Gasteiger partial charge in [0.15, 0.2) is 0 Å². The van der Waals surface area contributed by atoms with E-state index in [0.29, 0.717) is 24.3 Å². The van der Waals surface area contributed by atoms with Gasteiger partial charge in [-0.2, -0.15) is 0 Å². The molecule has 0 saturated heterocycles. The zero-order chi connectivity index (χ0) is 20.3. The molecule has 0 fully saturated rings. The van der Waals surface area contributed by atoms with Gasteiger partial charge in [0.05, 0.1) is 4.88 Å². The molecule has 148 valence electrons. The van der Waals surface area contributed by atoms with Crippen molar-refractivity contribution in [2.24, 2.45) is 0 Å². The molecule has 0 spiro atoms. The van der Waals surface area contributed by atoms with E-state index in [4.69, 9.17) is 0 Å². The topological polar surface area (TPSA) is 69.7 Å². The highest BCUT2D eigenvalue weighted by Crippen LogP contribution is 2.29. The van der Waals surface area contributed by atoms with E-state index in [-0.39, 0.29) is 17.7 Å². The second-order valence-electron chi connectivity index (χ2n) is 7.14. The summed E-state index contributed by atoms with van der Waals surface area (Å²) in [6.07, 6.45) is 1.72. The second kappa shape index (κ2) is 8.56. The molecule has 1 aliphatic rings. The van der Waals surface area contributed by atoms with Gasteiger partial charge < -0.3 is 15.1 Å². The highest BCUT2D eigenvalue weighted by atomic mass is 32.1. The predicted molar refractivity (Wildman–Crippen MR) is 110 cm³/mol. The van der Waals surface area contributed by atoms with Crippen LogP contribution in [0, 0.1) is 0 Å². The fourth-order valence-electron chi connectivity index (χ4n) is 3.39. The molecule has 7 heteroatoms. The number of nitrogens with one attached hydrogen (secondary N) is 1. The predicted octanol–water partition coefficient (Wildman–Crippen LogP) is 3.14. The van der Waals surface area contributed by atoms with Gasteiger partial charge in [0, 0.05) is 39.2 Å². The fourth-order valence-corrected chi connectivity index (χ4v) is 4.07. The van der Waals surface area contributed by atoms with Gasteiger partial charge in [0.1, 0.15) is 6.04 Å². The van der Waals surface area contributed by atoms with Gasteiger partial charge >= 0.3 is 0 Å². The average molecular weight is 400 g/mol. The van der Waals surface area contributed by atoms with Crippen molar-refractivity contribution >= 4 is 34.7 Å². The molecule has 3 rings (SSSR count). The minimum atomic E-state index is -0.530. The Morgan fingerprint density at radius 3 is 2.64 bits per heavy atom. The number of thiophene rings is 1. The van der Waals surface area contributed by atoms with E-state index in [9.17, 15) is 14.4 Å². The maximum Gasteiger partial charge on any atom is 0.264 e. The zero-order valence-electron chi connectivity index (χ0n) is 16.4. The quantitative estimate of drug-likeness (QED) is 0.840. The molecule has 0 aliphatic carbocycles. The third-order valence-electron chi connectivity index (χ3n) is 4.82. The molecule has 28 heavy (non-hydrogen) atoms. The Kier molecular flexibility index (Phi) is 6.14. The molecule has 1 N–H and O–H groups in total. The van der Waals surface area contributed by atoms with Crippen LogP contribution >= 0.6 is 11.3 Å². The number of carbonyl (C=O) groups excluding carboxylic acids is 3. The first-order valence-corrected chi connectivity index (χ1v) is 10.3. The summed E-state index contributed by atoms with van der Waals surface area (Å²) in [5.41, 5.74) is 2.71. The van der Waals surface area contributed by atoms with E-state index in [1.54, 1.807) is 25.1 Å². The Balaban J connectivity index is 1.90. The number of hydrogen-bond acceptors (Lipinski definition) is 4. The van der Waals surface area contributed by atoms with Crippen LogP contribution in [-0.2, 0) is 22.6 Å². The van der Waals surface area contributed by atoms with Crippen LogP contribution in [0.25, 0.3) is 0 Å². The van der Waals surface area contributed by atoms with Crippen LogP contribution < -0.4 is 5.32 Å². The molecule has 0 bridgehead atoms. The first kappa shape index (κ1) is 20.1. The molecule has 0 radical (unpaired) electrons. The van der Waals surface area contributed by atoms with E-state index < -0.39 is 6.04 Å². The number of fused-ring (bicyclic) bond motifs is 1. The molecule has 1 aromatic heterocycles. The van der Waals surface area contributed by atoms with Crippen molar-refractivity contribution in [2.75, 3.05) is 19.4 Å². The Bertz CT molecular complexity index is 877. The van der Waals surface area contributed by atoms with Crippen LogP contribution in [0.1, 0.15) is 40.6 Å². The van der Waals surface area contributed by atoms with Crippen LogP contribution in [-0.4, -0.2) is 47.7 Å². The minimum Gasteiger partial charge on any atom is -0.347 e. The summed E-state index contributed by atoms with van der Waals surface area (Å²) in [6.45, 7) is 2.30. The molecule has 2 heterocycles. The minimum absolute atomic E-state index is 0.0227. The summed E-state index contributed by atoms with van der Waals surface area (Å²) in [6, 6.07) is 8.80. The smallest absolute Gasteiger partial charge is 0.264 e. The maximum atomic E-state index is 13.1. The third kappa shape index (κ3) is 4.25. The number of rotatable bonds is 5. The summed E-state index contributed by atoms with van der Waals surface area (Å²) in [7, 11) is 3.41. The van der Waals surface area contributed by atoms with Gasteiger partial charge in [0.2, 0.25) is 11.8 Å². The Morgan fingerprint density at radius 2 is 2.00 bits per heavy atom. The summed E-state index contributed by atoms with van der Waals surface area (Å²) >= 11 is 1.37. The zero-order valence-corrected chi connectivity index (χ0v) is 17.2. The van der Waals surface area contributed by atoms with Crippen molar-refractivity contribution in [2.45, 2.75) is 38.8 Å². The first-order chi connectivity index (χ1) is 13.4. The number of carbonyl (C=O) groups is 3. The molecule has 3 amide bonds. The van der Waals surface area contributed by atoms with Crippen molar-refractivity contribution in [3.05, 3.63) is 51.7 Å². The largest absolute Gasteiger partial charge is 0.347 e. The standard InChI is InChI=1S/C21H25N3O3S/c1-4-6-19(25)22-16-9-8-14-12-17(20(26)23(2)3)24(13-15(14)11-16)21(27)18-7-5-10-28-18/h5,7-11,17H,4,6,12-13H2,1-3H3,(H,22,25)/t17-/m0/s1. The number of benzene rings is 1. The molecular formula is C21H25N3O3S. The first-order valence-electron chi connectivity index (χ1n) is 9.38. The average Bonchev–Trinajstić information content (AvgIpc) is 3.20. The van der Waals surface area contributed by atoms with E-state index in [2.05, 4.69) is 5.32 Å². The highest BCUT2D eigenvalue weighted by Gasteiger charge is 2.36. The normalized spacial score (nSPS) is 15.7. The Labute approximate surface area is 169 Å². The van der Waals surface area contributed by atoms with Crippen LogP contribution in [0.15, 0.2) is 35.7 Å². The second-order valence-corrected chi connectivity index (χ2v) is 8.09. The number of hydrogen-bond donors (Lipinski definition) is 1. The maximum absolute atomic E-state index is 13.1. The number of amides is 3. The Morgan fingerprint density at radius 1 is 1.21 bits per heavy atom. The van der Waals surface area contributed by atoms with Gasteiger partial charge in [0.25, 0.3) is 5.91 Å². The van der Waals surface area contributed by atoms with Crippen molar-refractivity contribution < 1.29 is 14.4 Å². The summed E-state index contributed by atoms with van der Waals surface area (Å²) in [4.78, 5) is 41.5. The number of likely N-dealkylation sites (N-methyl/N-ethyl adjacent to an activating group) is 1. The molecule has 6 nitrogen and oxygen atoms in total. The lowest BCUT2D eigenvalue weighted by Gasteiger charge is -2.37. The van der Waals surface area contributed by atoms with E-state index in [1.165, 1.54) is 16.2 Å². The lowest BCUT2D eigenvalue weighted by Crippen LogP contribution is -2.52.